The highest BCUT2D eigenvalue weighted by Gasteiger charge is 2.09. The number of ether oxygens (including phenoxy) is 1. The van der Waals surface area contributed by atoms with E-state index in [1.807, 2.05) is 6.92 Å². The summed E-state index contributed by atoms with van der Waals surface area (Å²) in [5, 5.41) is 8.25. The van der Waals surface area contributed by atoms with Gasteiger partial charge in [-0.2, -0.15) is 0 Å². The van der Waals surface area contributed by atoms with Crippen molar-refractivity contribution < 1.29 is 19.4 Å². The molecule has 96 valence electrons. The monoisotopic (exact) mass is 232 g/mol. The second-order valence-electron chi connectivity index (χ2n) is 3.60. The Labute approximate surface area is 98.0 Å². The fraction of sp³-hybridized carbons (Fsp3) is 0.833. The summed E-state index contributed by atoms with van der Waals surface area (Å²) in [5.74, 6) is -1.41. The molecule has 1 unspecified atom stereocenters. The topological polar surface area (TPSA) is 63.6 Å². The van der Waals surface area contributed by atoms with Crippen LogP contribution in [0.15, 0.2) is 0 Å². The highest BCUT2D eigenvalue weighted by molar-refractivity contribution is 5.76. The molecule has 16 heavy (non-hydrogen) atoms. The standard InChI is InChI=1S/C8H14O4.C4H10/c1-3-6(2)12-8(11)5-4-7(9)10;1-3-4-2/h6H,3-5H2,1-2H3,(H,9,10);3-4H2,1-2H3. The largest absolute Gasteiger partial charge is 0.481 e. The van der Waals surface area contributed by atoms with Gasteiger partial charge < -0.3 is 9.84 Å². The van der Waals surface area contributed by atoms with Gasteiger partial charge in [-0.15, -0.1) is 0 Å². The van der Waals surface area contributed by atoms with Crippen molar-refractivity contribution >= 4 is 11.9 Å². The third-order valence-corrected chi connectivity index (χ3v) is 1.95. The number of carbonyl (C=O) groups excluding carboxylic acids is 1. The Balaban J connectivity index is 0. The zero-order valence-corrected chi connectivity index (χ0v) is 10.8. The Morgan fingerprint density at radius 2 is 1.62 bits per heavy atom. The van der Waals surface area contributed by atoms with Gasteiger partial charge in [-0.1, -0.05) is 33.6 Å². The molecule has 0 fully saturated rings. The fourth-order valence-corrected chi connectivity index (χ4v) is 0.576. The summed E-state index contributed by atoms with van der Waals surface area (Å²) in [7, 11) is 0. The summed E-state index contributed by atoms with van der Waals surface area (Å²) in [4.78, 5) is 20.9. The molecule has 4 heteroatoms. The minimum atomic E-state index is -0.976. The minimum Gasteiger partial charge on any atom is -0.481 e. The number of carboxylic acid groups (broad SMARTS) is 1. The van der Waals surface area contributed by atoms with Gasteiger partial charge in [0, 0.05) is 0 Å². The van der Waals surface area contributed by atoms with Crippen molar-refractivity contribution in [2.24, 2.45) is 0 Å². The normalized spacial score (nSPS) is 11.0. The van der Waals surface area contributed by atoms with E-state index in [9.17, 15) is 9.59 Å². The summed E-state index contributed by atoms with van der Waals surface area (Å²) >= 11 is 0. The molecule has 0 aromatic rings. The Kier molecular flexibility index (Phi) is 13.0. The molecule has 0 amide bonds. The van der Waals surface area contributed by atoms with Crippen LogP contribution in [-0.4, -0.2) is 23.1 Å². The Morgan fingerprint density at radius 3 is 1.94 bits per heavy atom. The van der Waals surface area contributed by atoms with E-state index in [1.165, 1.54) is 12.8 Å². The van der Waals surface area contributed by atoms with Crippen LogP contribution in [0.25, 0.3) is 0 Å². The summed E-state index contributed by atoms with van der Waals surface area (Å²) in [5.41, 5.74) is 0. The number of carboxylic acids is 1. The van der Waals surface area contributed by atoms with E-state index >= 15 is 0 Å². The van der Waals surface area contributed by atoms with E-state index < -0.39 is 11.9 Å². The van der Waals surface area contributed by atoms with E-state index in [1.54, 1.807) is 6.92 Å². The van der Waals surface area contributed by atoms with Gasteiger partial charge in [0.05, 0.1) is 18.9 Å². The Hall–Kier alpha value is -1.06. The molecule has 0 heterocycles. The number of esters is 1. The van der Waals surface area contributed by atoms with Crippen molar-refractivity contribution in [2.45, 2.75) is 65.9 Å². The molecule has 0 aliphatic rings. The first-order valence-electron chi connectivity index (χ1n) is 5.89. The predicted molar refractivity (Wildman–Crippen MR) is 63.3 cm³/mol. The predicted octanol–water partition coefficient (Wildman–Crippen LogP) is 3.00. The average Bonchev–Trinajstić information content (AvgIpc) is 2.26. The van der Waals surface area contributed by atoms with E-state index in [2.05, 4.69) is 13.8 Å². The van der Waals surface area contributed by atoms with Crippen molar-refractivity contribution in [3.63, 3.8) is 0 Å². The maximum atomic E-state index is 10.8. The molecular formula is C12H24O4. The van der Waals surface area contributed by atoms with Gasteiger partial charge in [-0.3, -0.25) is 9.59 Å². The number of aliphatic carboxylic acids is 1. The zero-order chi connectivity index (χ0) is 13.0. The quantitative estimate of drug-likeness (QED) is 0.715. The maximum absolute atomic E-state index is 10.8. The van der Waals surface area contributed by atoms with Crippen molar-refractivity contribution in [3.05, 3.63) is 0 Å². The van der Waals surface area contributed by atoms with Crippen LogP contribution in [0.2, 0.25) is 0 Å². The molecule has 0 saturated heterocycles. The smallest absolute Gasteiger partial charge is 0.306 e. The number of rotatable bonds is 6. The van der Waals surface area contributed by atoms with Gasteiger partial charge >= 0.3 is 11.9 Å². The fourth-order valence-electron chi connectivity index (χ4n) is 0.576. The van der Waals surface area contributed by atoms with Crippen molar-refractivity contribution in [1.82, 2.24) is 0 Å². The van der Waals surface area contributed by atoms with Crippen LogP contribution in [0.3, 0.4) is 0 Å². The van der Waals surface area contributed by atoms with E-state index in [-0.39, 0.29) is 18.9 Å². The first-order valence-corrected chi connectivity index (χ1v) is 5.89. The Morgan fingerprint density at radius 1 is 1.12 bits per heavy atom. The lowest BCUT2D eigenvalue weighted by Crippen LogP contribution is -2.14. The molecule has 0 spiro atoms. The molecule has 0 rings (SSSR count). The highest BCUT2D eigenvalue weighted by atomic mass is 16.5. The molecule has 0 aliphatic heterocycles. The van der Waals surface area contributed by atoms with Gasteiger partial charge in [0.2, 0.25) is 0 Å². The minimum absolute atomic E-state index is 0.0420. The zero-order valence-electron chi connectivity index (χ0n) is 10.8. The van der Waals surface area contributed by atoms with Gasteiger partial charge in [0.25, 0.3) is 0 Å². The Bertz CT molecular complexity index is 187. The molecule has 0 bridgehead atoms. The van der Waals surface area contributed by atoms with Crippen LogP contribution in [0.1, 0.15) is 59.8 Å². The molecular weight excluding hydrogens is 208 g/mol. The van der Waals surface area contributed by atoms with Gasteiger partial charge in [-0.25, -0.2) is 0 Å². The second kappa shape index (κ2) is 12.0. The summed E-state index contributed by atoms with van der Waals surface area (Å²) < 4.78 is 4.85. The van der Waals surface area contributed by atoms with Gasteiger partial charge in [0.15, 0.2) is 0 Å². The molecule has 0 saturated carbocycles. The number of hydrogen-bond acceptors (Lipinski definition) is 3. The van der Waals surface area contributed by atoms with Crippen LogP contribution in [0.5, 0.6) is 0 Å². The lowest BCUT2D eigenvalue weighted by molar-refractivity contribution is -0.151. The van der Waals surface area contributed by atoms with Crippen LogP contribution < -0.4 is 0 Å². The van der Waals surface area contributed by atoms with E-state index in [4.69, 9.17) is 9.84 Å². The van der Waals surface area contributed by atoms with Crippen molar-refractivity contribution in [1.29, 1.82) is 0 Å². The lowest BCUT2D eigenvalue weighted by Gasteiger charge is -2.09. The van der Waals surface area contributed by atoms with E-state index in [0.717, 1.165) is 6.42 Å². The number of hydrogen-bond donors (Lipinski definition) is 1. The molecule has 4 nitrogen and oxygen atoms in total. The summed E-state index contributed by atoms with van der Waals surface area (Å²) in [6.45, 7) is 8.04. The maximum Gasteiger partial charge on any atom is 0.306 e. The number of carbonyl (C=O) groups is 2. The SMILES string of the molecule is CCC(C)OC(=O)CCC(=O)O.CCCC. The third-order valence-electron chi connectivity index (χ3n) is 1.95. The van der Waals surface area contributed by atoms with Crippen LogP contribution in [0, 0.1) is 0 Å². The third kappa shape index (κ3) is 15.4. The molecule has 0 aliphatic carbocycles. The highest BCUT2D eigenvalue weighted by Crippen LogP contribution is 2.00. The van der Waals surface area contributed by atoms with Crippen LogP contribution in [0.4, 0.5) is 0 Å². The van der Waals surface area contributed by atoms with Crippen LogP contribution >= 0.6 is 0 Å². The summed E-state index contributed by atoms with van der Waals surface area (Å²) in [6.07, 6.45) is 3.07. The first kappa shape index (κ1) is 17.3. The molecule has 1 atom stereocenters. The average molecular weight is 232 g/mol. The molecule has 1 N–H and O–H groups in total. The molecule has 0 radical (unpaired) electrons. The molecule has 0 aromatic heterocycles. The van der Waals surface area contributed by atoms with Crippen LogP contribution in [-0.2, 0) is 14.3 Å². The lowest BCUT2D eigenvalue weighted by atomic mass is 10.3. The number of unbranched alkanes of at least 4 members (excludes halogenated alkanes) is 1. The summed E-state index contributed by atoms with van der Waals surface area (Å²) in [6, 6.07) is 0. The van der Waals surface area contributed by atoms with Gasteiger partial charge in [-0.05, 0) is 13.3 Å². The second-order valence-corrected chi connectivity index (χ2v) is 3.60. The molecule has 0 aromatic carbocycles. The van der Waals surface area contributed by atoms with E-state index in [0.29, 0.717) is 0 Å². The van der Waals surface area contributed by atoms with Crippen molar-refractivity contribution in [3.8, 4) is 0 Å². The van der Waals surface area contributed by atoms with Crippen molar-refractivity contribution in [2.75, 3.05) is 0 Å². The van der Waals surface area contributed by atoms with Gasteiger partial charge in [0.1, 0.15) is 0 Å². The first-order chi connectivity index (χ1) is 7.47.